The van der Waals surface area contributed by atoms with Crippen molar-refractivity contribution in [2.24, 2.45) is 5.92 Å². The van der Waals surface area contributed by atoms with Crippen LogP contribution in [0.2, 0.25) is 0 Å². The van der Waals surface area contributed by atoms with Gasteiger partial charge in [-0.1, -0.05) is 0 Å². The summed E-state index contributed by atoms with van der Waals surface area (Å²) in [6.07, 6.45) is 6.69. The number of carbonyl (C=O) groups is 1. The SMILES string of the molecule is O=C(CC1CCCNC1)N1C2CCC1CC(O)C2. The number of hydrogen-bond acceptors (Lipinski definition) is 3. The molecule has 3 fully saturated rings. The summed E-state index contributed by atoms with van der Waals surface area (Å²) in [4.78, 5) is 14.6. The first kappa shape index (κ1) is 12.4. The van der Waals surface area contributed by atoms with E-state index in [2.05, 4.69) is 10.2 Å². The van der Waals surface area contributed by atoms with E-state index in [1.807, 2.05) is 0 Å². The van der Waals surface area contributed by atoms with Gasteiger partial charge in [-0.25, -0.2) is 0 Å². The van der Waals surface area contributed by atoms with Gasteiger partial charge in [-0.05, 0) is 57.5 Å². The molecule has 18 heavy (non-hydrogen) atoms. The molecule has 1 amide bonds. The number of nitrogens with zero attached hydrogens (tertiary/aromatic N) is 1. The standard InChI is InChI=1S/C14H24N2O2/c17-13-7-11-3-4-12(8-13)16(11)14(18)6-10-2-1-5-15-9-10/h10-13,15,17H,1-9H2. The van der Waals surface area contributed by atoms with Gasteiger partial charge in [-0.3, -0.25) is 4.79 Å². The Balaban J connectivity index is 1.59. The summed E-state index contributed by atoms with van der Waals surface area (Å²) < 4.78 is 0. The molecule has 4 heteroatoms. The highest BCUT2D eigenvalue weighted by Gasteiger charge is 2.42. The molecule has 0 aromatic carbocycles. The van der Waals surface area contributed by atoms with E-state index in [0.29, 0.717) is 30.3 Å². The van der Waals surface area contributed by atoms with Crippen LogP contribution >= 0.6 is 0 Å². The molecule has 3 aliphatic rings. The minimum Gasteiger partial charge on any atom is -0.393 e. The fraction of sp³-hybridized carbons (Fsp3) is 0.929. The number of carbonyl (C=O) groups excluding carboxylic acids is 1. The van der Waals surface area contributed by atoms with Gasteiger partial charge in [0.25, 0.3) is 0 Å². The van der Waals surface area contributed by atoms with Crippen molar-refractivity contribution in [3.05, 3.63) is 0 Å². The Labute approximate surface area is 109 Å². The molecule has 2 bridgehead atoms. The fourth-order valence-electron chi connectivity index (χ4n) is 4.01. The topological polar surface area (TPSA) is 52.6 Å². The largest absolute Gasteiger partial charge is 0.393 e. The van der Waals surface area contributed by atoms with Crippen LogP contribution in [0.3, 0.4) is 0 Å². The Morgan fingerprint density at radius 1 is 1.22 bits per heavy atom. The molecule has 0 aromatic heterocycles. The zero-order valence-electron chi connectivity index (χ0n) is 11.0. The van der Waals surface area contributed by atoms with Gasteiger partial charge in [0.05, 0.1) is 6.10 Å². The molecule has 102 valence electrons. The molecule has 0 spiro atoms. The van der Waals surface area contributed by atoms with Crippen LogP contribution in [0.4, 0.5) is 0 Å². The van der Waals surface area contributed by atoms with Gasteiger partial charge in [-0.2, -0.15) is 0 Å². The van der Waals surface area contributed by atoms with Gasteiger partial charge in [0.1, 0.15) is 0 Å². The summed E-state index contributed by atoms with van der Waals surface area (Å²) in [6.45, 7) is 2.10. The summed E-state index contributed by atoms with van der Waals surface area (Å²) in [5, 5.41) is 13.1. The van der Waals surface area contributed by atoms with Gasteiger partial charge >= 0.3 is 0 Å². The molecule has 3 aliphatic heterocycles. The van der Waals surface area contributed by atoms with Crippen molar-refractivity contribution in [3.63, 3.8) is 0 Å². The zero-order chi connectivity index (χ0) is 12.5. The molecule has 3 saturated heterocycles. The van der Waals surface area contributed by atoms with E-state index in [0.717, 1.165) is 38.8 Å². The zero-order valence-corrected chi connectivity index (χ0v) is 11.0. The van der Waals surface area contributed by atoms with E-state index in [-0.39, 0.29) is 6.10 Å². The van der Waals surface area contributed by atoms with E-state index >= 15 is 0 Å². The first-order valence-electron chi connectivity index (χ1n) is 7.44. The molecule has 3 unspecified atom stereocenters. The number of piperidine rings is 2. The second kappa shape index (κ2) is 5.17. The Bertz CT molecular complexity index is 301. The summed E-state index contributed by atoms with van der Waals surface area (Å²) in [7, 11) is 0. The third-order valence-corrected chi connectivity index (χ3v) is 4.86. The van der Waals surface area contributed by atoms with Crippen molar-refractivity contribution in [2.45, 2.75) is 63.1 Å². The molecule has 0 saturated carbocycles. The lowest BCUT2D eigenvalue weighted by Gasteiger charge is -2.38. The van der Waals surface area contributed by atoms with E-state index in [9.17, 15) is 9.90 Å². The number of nitrogens with one attached hydrogen (secondary N) is 1. The van der Waals surface area contributed by atoms with E-state index in [1.54, 1.807) is 0 Å². The van der Waals surface area contributed by atoms with Crippen molar-refractivity contribution >= 4 is 5.91 Å². The molecule has 0 aliphatic carbocycles. The Morgan fingerprint density at radius 3 is 2.56 bits per heavy atom. The predicted octanol–water partition coefficient (Wildman–Crippen LogP) is 0.890. The first-order chi connectivity index (χ1) is 8.74. The van der Waals surface area contributed by atoms with Crippen LogP contribution in [-0.4, -0.2) is 47.2 Å². The Hall–Kier alpha value is -0.610. The quantitative estimate of drug-likeness (QED) is 0.767. The van der Waals surface area contributed by atoms with Crippen LogP contribution < -0.4 is 5.32 Å². The molecule has 3 rings (SSSR count). The van der Waals surface area contributed by atoms with E-state index < -0.39 is 0 Å². The van der Waals surface area contributed by atoms with Crippen LogP contribution in [0, 0.1) is 5.92 Å². The second-order valence-corrected chi connectivity index (χ2v) is 6.23. The van der Waals surface area contributed by atoms with Gasteiger partial charge in [-0.15, -0.1) is 0 Å². The molecule has 3 heterocycles. The lowest BCUT2D eigenvalue weighted by Crippen LogP contribution is -2.49. The molecule has 0 aromatic rings. The van der Waals surface area contributed by atoms with Crippen molar-refractivity contribution in [1.82, 2.24) is 10.2 Å². The van der Waals surface area contributed by atoms with E-state index in [4.69, 9.17) is 0 Å². The predicted molar refractivity (Wildman–Crippen MR) is 69.1 cm³/mol. The molecule has 2 N–H and O–H groups in total. The van der Waals surface area contributed by atoms with E-state index in [1.165, 1.54) is 12.8 Å². The highest BCUT2D eigenvalue weighted by atomic mass is 16.3. The number of aliphatic hydroxyl groups excluding tert-OH is 1. The highest BCUT2D eigenvalue weighted by molar-refractivity contribution is 5.77. The highest BCUT2D eigenvalue weighted by Crippen LogP contribution is 2.36. The van der Waals surface area contributed by atoms with Crippen molar-refractivity contribution in [3.8, 4) is 0 Å². The molecule has 4 nitrogen and oxygen atoms in total. The fourth-order valence-corrected chi connectivity index (χ4v) is 4.01. The average molecular weight is 252 g/mol. The molecular formula is C14H24N2O2. The van der Waals surface area contributed by atoms with Gasteiger partial charge in [0.2, 0.25) is 5.91 Å². The lowest BCUT2D eigenvalue weighted by molar-refractivity contribution is -0.138. The number of aliphatic hydroxyl groups is 1. The monoisotopic (exact) mass is 252 g/mol. The Kier molecular flexibility index (Phi) is 3.57. The van der Waals surface area contributed by atoms with Gasteiger partial charge in [0, 0.05) is 18.5 Å². The normalized spacial score (nSPS) is 39.9. The number of hydrogen-bond donors (Lipinski definition) is 2. The Morgan fingerprint density at radius 2 is 1.94 bits per heavy atom. The third kappa shape index (κ3) is 2.41. The number of rotatable bonds is 2. The minimum absolute atomic E-state index is 0.178. The summed E-state index contributed by atoms with van der Waals surface area (Å²) >= 11 is 0. The summed E-state index contributed by atoms with van der Waals surface area (Å²) in [5.74, 6) is 0.862. The molecule has 0 radical (unpaired) electrons. The first-order valence-corrected chi connectivity index (χ1v) is 7.44. The van der Waals surface area contributed by atoms with Gasteiger partial charge < -0.3 is 15.3 Å². The van der Waals surface area contributed by atoms with Crippen LogP contribution in [-0.2, 0) is 4.79 Å². The maximum atomic E-state index is 12.5. The third-order valence-electron chi connectivity index (χ3n) is 4.86. The molecule has 3 atom stereocenters. The van der Waals surface area contributed by atoms with Crippen LogP contribution in [0.1, 0.15) is 44.9 Å². The van der Waals surface area contributed by atoms with Crippen molar-refractivity contribution in [2.75, 3.05) is 13.1 Å². The maximum absolute atomic E-state index is 12.5. The minimum atomic E-state index is -0.178. The smallest absolute Gasteiger partial charge is 0.223 e. The number of fused-ring (bicyclic) bond motifs is 2. The number of amides is 1. The van der Waals surface area contributed by atoms with Crippen LogP contribution in [0.25, 0.3) is 0 Å². The van der Waals surface area contributed by atoms with Gasteiger partial charge in [0.15, 0.2) is 0 Å². The maximum Gasteiger partial charge on any atom is 0.223 e. The average Bonchev–Trinajstić information content (AvgIpc) is 2.63. The second-order valence-electron chi connectivity index (χ2n) is 6.23. The molecular weight excluding hydrogens is 228 g/mol. The van der Waals surface area contributed by atoms with Crippen molar-refractivity contribution in [1.29, 1.82) is 0 Å². The van der Waals surface area contributed by atoms with Crippen LogP contribution in [0.5, 0.6) is 0 Å². The summed E-state index contributed by atoms with van der Waals surface area (Å²) in [6, 6.07) is 0.644. The van der Waals surface area contributed by atoms with Crippen LogP contribution in [0.15, 0.2) is 0 Å². The lowest BCUT2D eigenvalue weighted by atomic mass is 9.93. The van der Waals surface area contributed by atoms with Crippen molar-refractivity contribution < 1.29 is 9.90 Å². The summed E-state index contributed by atoms with van der Waals surface area (Å²) in [5.41, 5.74) is 0.